The molecule has 0 amide bonds. The first-order valence-electron chi connectivity index (χ1n) is 6.47. The molecular weight excluding hydrogens is 302 g/mol. The molecule has 0 bridgehead atoms. The maximum atomic E-state index is 5.92. The van der Waals surface area contributed by atoms with Gasteiger partial charge in [-0.25, -0.2) is 4.68 Å². The molecule has 1 aromatic carbocycles. The predicted octanol–water partition coefficient (Wildman–Crippen LogP) is 3.45. The summed E-state index contributed by atoms with van der Waals surface area (Å²) in [7, 11) is 0. The Balaban J connectivity index is 2.51. The Kier molecular flexibility index (Phi) is 4.11. The number of benzene rings is 1. The molecule has 0 aliphatic rings. The maximum absolute atomic E-state index is 5.92. The van der Waals surface area contributed by atoms with Crippen molar-refractivity contribution in [1.29, 1.82) is 0 Å². The summed E-state index contributed by atoms with van der Waals surface area (Å²) >= 11 is 3.49. The summed E-state index contributed by atoms with van der Waals surface area (Å²) in [6.45, 7) is 8.29. The maximum Gasteiger partial charge on any atom is 0.0678 e. The third kappa shape index (κ3) is 2.90. The molecular formula is C15H20BrN3. The number of hydrogen-bond donors (Lipinski definition) is 1. The van der Waals surface area contributed by atoms with Crippen LogP contribution in [0.3, 0.4) is 0 Å². The molecule has 0 aliphatic heterocycles. The first-order chi connectivity index (χ1) is 8.90. The van der Waals surface area contributed by atoms with Crippen molar-refractivity contribution < 1.29 is 0 Å². The SMILES string of the molecule is Cc1cc(Br)ccc1-n1nc(C)c(CC(C)N)c1C. The molecule has 19 heavy (non-hydrogen) atoms. The molecule has 1 heterocycles. The molecule has 0 aliphatic carbocycles. The van der Waals surface area contributed by atoms with Gasteiger partial charge < -0.3 is 5.73 Å². The molecule has 0 saturated heterocycles. The summed E-state index contributed by atoms with van der Waals surface area (Å²) in [6, 6.07) is 6.40. The van der Waals surface area contributed by atoms with Gasteiger partial charge in [-0.05, 0) is 63.4 Å². The van der Waals surface area contributed by atoms with E-state index in [0.717, 1.165) is 22.3 Å². The summed E-state index contributed by atoms with van der Waals surface area (Å²) in [5.41, 5.74) is 11.8. The Morgan fingerprint density at radius 3 is 2.58 bits per heavy atom. The van der Waals surface area contributed by atoms with Crippen LogP contribution in [0.5, 0.6) is 0 Å². The van der Waals surface area contributed by atoms with Crippen molar-refractivity contribution >= 4 is 15.9 Å². The zero-order chi connectivity index (χ0) is 14.2. The summed E-state index contributed by atoms with van der Waals surface area (Å²) in [5, 5.41) is 4.67. The minimum Gasteiger partial charge on any atom is -0.328 e. The van der Waals surface area contributed by atoms with E-state index in [1.807, 2.05) is 17.7 Å². The average Bonchev–Trinajstić information content (AvgIpc) is 2.57. The summed E-state index contributed by atoms with van der Waals surface area (Å²) in [4.78, 5) is 0. The van der Waals surface area contributed by atoms with E-state index in [-0.39, 0.29) is 6.04 Å². The molecule has 1 unspecified atom stereocenters. The number of aryl methyl sites for hydroxylation is 2. The molecule has 1 atom stereocenters. The lowest BCUT2D eigenvalue weighted by Crippen LogP contribution is -2.18. The van der Waals surface area contributed by atoms with Gasteiger partial charge in [0.25, 0.3) is 0 Å². The fraction of sp³-hybridized carbons (Fsp3) is 0.400. The number of rotatable bonds is 3. The van der Waals surface area contributed by atoms with Gasteiger partial charge in [-0.2, -0.15) is 5.10 Å². The fourth-order valence-corrected chi connectivity index (χ4v) is 2.86. The van der Waals surface area contributed by atoms with Gasteiger partial charge in [0.15, 0.2) is 0 Å². The Morgan fingerprint density at radius 1 is 1.32 bits per heavy atom. The van der Waals surface area contributed by atoms with Gasteiger partial charge in [0.05, 0.1) is 11.4 Å². The third-order valence-corrected chi connectivity index (χ3v) is 3.85. The van der Waals surface area contributed by atoms with Crippen molar-refractivity contribution in [2.45, 2.75) is 40.2 Å². The first kappa shape index (κ1) is 14.3. The van der Waals surface area contributed by atoms with Crippen molar-refractivity contribution in [3.63, 3.8) is 0 Å². The van der Waals surface area contributed by atoms with E-state index in [1.165, 1.54) is 16.8 Å². The first-order valence-corrected chi connectivity index (χ1v) is 7.26. The molecule has 102 valence electrons. The monoisotopic (exact) mass is 321 g/mol. The molecule has 2 rings (SSSR count). The highest BCUT2D eigenvalue weighted by molar-refractivity contribution is 9.10. The number of nitrogens with two attached hydrogens (primary N) is 1. The van der Waals surface area contributed by atoms with Gasteiger partial charge in [0, 0.05) is 16.2 Å². The summed E-state index contributed by atoms with van der Waals surface area (Å²) < 4.78 is 3.11. The van der Waals surface area contributed by atoms with Crippen molar-refractivity contribution in [1.82, 2.24) is 9.78 Å². The molecule has 2 N–H and O–H groups in total. The molecule has 3 nitrogen and oxygen atoms in total. The lowest BCUT2D eigenvalue weighted by molar-refractivity contribution is 0.730. The highest BCUT2D eigenvalue weighted by Gasteiger charge is 2.15. The van der Waals surface area contributed by atoms with E-state index >= 15 is 0 Å². The van der Waals surface area contributed by atoms with Crippen LogP contribution < -0.4 is 5.73 Å². The van der Waals surface area contributed by atoms with E-state index in [2.05, 4.69) is 53.9 Å². The summed E-state index contributed by atoms with van der Waals surface area (Å²) in [6.07, 6.45) is 0.868. The average molecular weight is 322 g/mol. The minimum atomic E-state index is 0.154. The molecule has 1 aromatic heterocycles. The standard InChI is InChI=1S/C15H20BrN3/c1-9-7-13(16)5-6-15(9)19-12(4)14(8-10(2)17)11(3)18-19/h5-7,10H,8,17H2,1-4H3. The van der Waals surface area contributed by atoms with Crippen molar-refractivity contribution in [3.05, 3.63) is 45.2 Å². The van der Waals surface area contributed by atoms with Crippen LogP contribution >= 0.6 is 15.9 Å². The molecule has 2 aromatic rings. The van der Waals surface area contributed by atoms with Crippen molar-refractivity contribution in [2.75, 3.05) is 0 Å². The second kappa shape index (κ2) is 5.47. The lowest BCUT2D eigenvalue weighted by atomic mass is 10.1. The van der Waals surface area contributed by atoms with Crippen LogP contribution in [0.15, 0.2) is 22.7 Å². The van der Waals surface area contributed by atoms with Gasteiger partial charge in [-0.15, -0.1) is 0 Å². The Morgan fingerprint density at radius 2 is 2.00 bits per heavy atom. The van der Waals surface area contributed by atoms with E-state index in [1.54, 1.807) is 0 Å². The topological polar surface area (TPSA) is 43.8 Å². The van der Waals surface area contributed by atoms with Crippen LogP contribution in [0.2, 0.25) is 0 Å². The third-order valence-electron chi connectivity index (χ3n) is 3.35. The number of hydrogen-bond acceptors (Lipinski definition) is 2. The highest BCUT2D eigenvalue weighted by Crippen LogP contribution is 2.23. The smallest absolute Gasteiger partial charge is 0.0678 e. The minimum absolute atomic E-state index is 0.154. The van der Waals surface area contributed by atoms with Crippen LogP contribution in [0.25, 0.3) is 5.69 Å². The van der Waals surface area contributed by atoms with Crippen LogP contribution in [0, 0.1) is 20.8 Å². The number of halogens is 1. The Labute approximate surface area is 122 Å². The Bertz CT molecular complexity index is 600. The molecule has 0 fully saturated rings. The van der Waals surface area contributed by atoms with E-state index in [4.69, 9.17) is 5.73 Å². The van der Waals surface area contributed by atoms with Gasteiger partial charge in [0.1, 0.15) is 0 Å². The fourth-order valence-electron chi connectivity index (χ4n) is 2.38. The largest absolute Gasteiger partial charge is 0.328 e. The quantitative estimate of drug-likeness (QED) is 0.940. The van der Waals surface area contributed by atoms with Gasteiger partial charge in [-0.3, -0.25) is 0 Å². The second-order valence-electron chi connectivity index (χ2n) is 5.17. The van der Waals surface area contributed by atoms with Gasteiger partial charge in [-0.1, -0.05) is 15.9 Å². The second-order valence-corrected chi connectivity index (χ2v) is 6.09. The predicted molar refractivity (Wildman–Crippen MR) is 82.8 cm³/mol. The van der Waals surface area contributed by atoms with Crippen LogP contribution in [-0.4, -0.2) is 15.8 Å². The van der Waals surface area contributed by atoms with E-state index < -0.39 is 0 Å². The molecule has 4 heteroatoms. The lowest BCUT2D eigenvalue weighted by Gasteiger charge is -2.10. The Hall–Kier alpha value is -1.13. The van der Waals surface area contributed by atoms with Crippen LogP contribution in [0.1, 0.15) is 29.4 Å². The molecule has 0 radical (unpaired) electrons. The van der Waals surface area contributed by atoms with E-state index in [9.17, 15) is 0 Å². The van der Waals surface area contributed by atoms with Crippen LogP contribution in [0.4, 0.5) is 0 Å². The van der Waals surface area contributed by atoms with Crippen molar-refractivity contribution in [2.24, 2.45) is 5.73 Å². The van der Waals surface area contributed by atoms with E-state index in [0.29, 0.717) is 0 Å². The zero-order valence-electron chi connectivity index (χ0n) is 11.9. The number of aromatic nitrogens is 2. The molecule has 0 spiro atoms. The van der Waals surface area contributed by atoms with Gasteiger partial charge in [0.2, 0.25) is 0 Å². The van der Waals surface area contributed by atoms with Gasteiger partial charge >= 0.3 is 0 Å². The highest BCUT2D eigenvalue weighted by atomic mass is 79.9. The number of nitrogens with zero attached hydrogens (tertiary/aromatic N) is 2. The zero-order valence-corrected chi connectivity index (χ0v) is 13.5. The molecule has 0 saturated carbocycles. The van der Waals surface area contributed by atoms with Crippen LogP contribution in [-0.2, 0) is 6.42 Å². The van der Waals surface area contributed by atoms with Crippen molar-refractivity contribution in [3.8, 4) is 5.69 Å². The summed E-state index contributed by atoms with van der Waals surface area (Å²) in [5.74, 6) is 0. The normalized spacial score (nSPS) is 12.7.